The number of rotatable bonds is 6. The smallest absolute Gasteiger partial charge is 0.253 e. The van der Waals surface area contributed by atoms with Gasteiger partial charge in [0.15, 0.2) is 5.11 Å². The summed E-state index contributed by atoms with van der Waals surface area (Å²) in [7, 11) is 1.62. The molecule has 1 aliphatic carbocycles. The van der Waals surface area contributed by atoms with E-state index >= 15 is 0 Å². The maximum Gasteiger partial charge on any atom is 0.253 e. The Morgan fingerprint density at radius 1 is 1.28 bits per heavy atom. The minimum atomic E-state index is -0.0734. The van der Waals surface area contributed by atoms with Crippen molar-refractivity contribution in [1.82, 2.24) is 15.2 Å². The molecule has 0 amide bonds. The van der Waals surface area contributed by atoms with E-state index in [-0.39, 0.29) is 11.7 Å². The van der Waals surface area contributed by atoms with Crippen molar-refractivity contribution in [2.24, 2.45) is 0 Å². The number of nitrogens with zero attached hydrogens (tertiary/aromatic N) is 1. The number of aromatic amines is 1. The summed E-state index contributed by atoms with van der Waals surface area (Å²) in [5, 5.41) is 5.11. The molecule has 156 valence electrons. The van der Waals surface area contributed by atoms with Crippen molar-refractivity contribution in [2.75, 3.05) is 20.3 Å². The third kappa shape index (κ3) is 4.73. The normalized spacial score (nSPS) is 19.6. The van der Waals surface area contributed by atoms with Gasteiger partial charge in [-0.25, -0.2) is 0 Å². The Balaban J connectivity index is 1.54. The summed E-state index contributed by atoms with van der Waals surface area (Å²) < 4.78 is 11.0. The molecule has 0 unspecified atom stereocenters. The zero-order chi connectivity index (χ0) is 20.2. The second kappa shape index (κ2) is 9.13. The lowest BCUT2D eigenvalue weighted by Crippen LogP contribution is -2.47. The fourth-order valence-electron chi connectivity index (χ4n) is 4.34. The standard InChI is InChI=1S/C22H29N3O3S/c1-27-18-9-8-15-11-16(21(26)24-20(15)12-18)14-25(17-5-2-3-6-17)22(29)23-13-19-7-4-10-28-19/h8-9,11-12,17,19H,2-7,10,13-14H2,1H3,(H,23,29)(H,24,26)/t19-/m1/s1. The molecule has 4 rings (SSSR count). The predicted molar refractivity (Wildman–Crippen MR) is 118 cm³/mol. The van der Waals surface area contributed by atoms with E-state index in [0.717, 1.165) is 66.2 Å². The van der Waals surface area contributed by atoms with Crippen LogP contribution < -0.4 is 15.6 Å². The highest BCUT2D eigenvalue weighted by atomic mass is 32.1. The molecule has 0 radical (unpaired) electrons. The zero-order valence-corrected chi connectivity index (χ0v) is 17.7. The predicted octanol–water partition coefficient (Wildman–Crippen LogP) is 3.33. The van der Waals surface area contributed by atoms with Crippen LogP contribution in [-0.4, -0.2) is 47.4 Å². The van der Waals surface area contributed by atoms with Gasteiger partial charge in [-0.05, 0) is 61.5 Å². The number of fused-ring (bicyclic) bond motifs is 1. The molecular weight excluding hydrogens is 386 g/mol. The molecule has 7 heteroatoms. The van der Waals surface area contributed by atoms with Gasteiger partial charge in [0.2, 0.25) is 0 Å². The van der Waals surface area contributed by atoms with Gasteiger partial charge in [-0.15, -0.1) is 0 Å². The van der Waals surface area contributed by atoms with Crippen molar-refractivity contribution >= 4 is 28.2 Å². The first kappa shape index (κ1) is 20.2. The first-order valence-electron chi connectivity index (χ1n) is 10.5. The van der Waals surface area contributed by atoms with Crippen LogP contribution in [0.15, 0.2) is 29.1 Å². The Labute approximate surface area is 176 Å². The average molecular weight is 416 g/mol. The number of ether oxygens (including phenoxy) is 2. The highest BCUT2D eigenvalue weighted by molar-refractivity contribution is 7.80. The molecule has 1 aliphatic heterocycles. The summed E-state index contributed by atoms with van der Waals surface area (Å²) in [6, 6.07) is 8.08. The van der Waals surface area contributed by atoms with Crippen LogP contribution in [0.4, 0.5) is 0 Å². The number of thiocarbonyl (C=S) groups is 1. The molecule has 2 N–H and O–H groups in total. The van der Waals surface area contributed by atoms with Gasteiger partial charge in [0.25, 0.3) is 5.56 Å². The number of aromatic nitrogens is 1. The van der Waals surface area contributed by atoms with Crippen LogP contribution in [0.2, 0.25) is 0 Å². The monoisotopic (exact) mass is 415 g/mol. The zero-order valence-electron chi connectivity index (χ0n) is 16.9. The second-order valence-electron chi connectivity index (χ2n) is 7.96. The molecule has 1 saturated heterocycles. The van der Waals surface area contributed by atoms with Crippen LogP contribution in [0, 0.1) is 0 Å². The SMILES string of the molecule is COc1ccc2cc(CN(C(=S)NC[C@H]3CCCO3)C3CCCC3)c(=O)[nH]c2c1. The largest absolute Gasteiger partial charge is 0.497 e. The molecule has 1 aromatic carbocycles. The number of methoxy groups -OCH3 is 1. The summed E-state index contributed by atoms with van der Waals surface area (Å²) in [5.74, 6) is 0.730. The number of benzene rings is 1. The minimum Gasteiger partial charge on any atom is -0.497 e. The van der Waals surface area contributed by atoms with Gasteiger partial charge < -0.3 is 24.7 Å². The van der Waals surface area contributed by atoms with Crippen LogP contribution in [0.5, 0.6) is 5.75 Å². The van der Waals surface area contributed by atoms with Crippen molar-refractivity contribution in [2.45, 2.75) is 57.2 Å². The van der Waals surface area contributed by atoms with Crippen LogP contribution in [-0.2, 0) is 11.3 Å². The molecule has 1 aromatic heterocycles. The molecule has 0 spiro atoms. The number of hydrogen-bond donors (Lipinski definition) is 2. The molecule has 1 saturated carbocycles. The van der Waals surface area contributed by atoms with E-state index in [1.54, 1.807) is 7.11 Å². The topological polar surface area (TPSA) is 66.6 Å². The summed E-state index contributed by atoms with van der Waals surface area (Å²) in [4.78, 5) is 18.0. The molecular formula is C22H29N3O3S. The van der Waals surface area contributed by atoms with Gasteiger partial charge in [-0.3, -0.25) is 4.79 Å². The Bertz CT molecular complexity index is 917. The highest BCUT2D eigenvalue weighted by Crippen LogP contribution is 2.26. The van der Waals surface area contributed by atoms with Gasteiger partial charge in [-0.2, -0.15) is 0 Å². The van der Waals surface area contributed by atoms with Crippen molar-refractivity contribution < 1.29 is 9.47 Å². The van der Waals surface area contributed by atoms with Gasteiger partial charge >= 0.3 is 0 Å². The van der Waals surface area contributed by atoms with Crippen molar-refractivity contribution in [1.29, 1.82) is 0 Å². The molecule has 29 heavy (non-hydrogen) atoms. The third-order valence-electron chi connectivity index (χ3n) is 6.00. The molecule has 0 bridgehead atoms. The highest BCUT2D eigenvalue weighted by Gasteiger charge is 2.26. The van der Waals surface area contributed by atoms with Crippen molar-refractivity contribution in [3.63, 3.8) is 0 Å². The summed E-state index contributed by atoms with van der Waals surface area (Å²) in [5.41, 5.74) is 1.44. The quantitative estimate of drug-likeness (QED) is 0.706. The summed E-state index contributed by atoms with van der Waals surface area (Å²) >= 11 is 5.75. The minimum absolute atomic E-state index is 0.0734. The Hall–Kier alpha value is -2.12. The molecule has 1 atom stereocenters. The van der Waals surface area contributed by atoms with E-state index in [1.165, 1.54) is 12.8 Å². The van der Waals surface area contributed by atoms with E-state index in [9.17, 15) is 4.79 Å². The van der Waals surface area contributed by atoms with Crippen LogP contribution >= 0.6 is 12.2 Å². The fourth-order valence-corrected chi connectivity index (χ4v) is 4.64. The van der Waals surface area contributed by atoms with Gasteiger partial charge in [0.1, 0.15) is 5.75 Å². The average Bonchev–Trinajstić information content (AvgIpc) is 3.44. The lowest BCUT2D eigenvalue weighted by atomic mass is 10.1. The molecule has 2 aliphatic rings. The van der Waals surface area contributed by atoms with Gasteiger partial charge in [-0.1, -0.05) is 12.8 Å². The van der Waals surface area contributed by atoms with E-state index in [1.807, 2.05) is 24.3 Å². The number of H-pyrrole nitrogens is 1. The van der Waals surface area contributed by atoms with Crippen LogP contribution in [0.3, 0.4) is 0 Å². The molecule has 2 fully saturated rings. The summed E-state index contributed by atoms with van der Waals surface area (Å²) in [6.07, 6.45) is 7.08. The number of hydrogen-bond acceptors (Lipinski definition) is 4. The molecule has 6 nitrogen and oxygen atoms in total. The molecule has 2 aromatic rings. The maximum absolute atomic E-state index is 12.8. The first-order valence-corrected chi connectivity index (χ1v) is 10.9. The Morgan fingerprint density at radius 3 is 2.83 bits per heavy atom. The number of nitrogens with one attached hydrogen (secondary N) is 2. The van der Waals surface area contributed by atoms with Crippen molar-refractivity contribution in [3.05, 3.63) is 40.2 Å². The molecule has 2 heterocycles. The lowest BCUT2D eigenvalue weighted by Gasteiger charge is -2.32. The van der Waals surface area contributed by atoms with Crippen LogP contribution in [0.1, 0.15) is 44.1 Å². The van der Waals surface area contributed by atoms with E-state index in [2.05, 4.69) is 15.2 Å². The second-order valence-corrected chi connectivity index (χ2v) is 8.35. The summed E-state index contributed by atoms with van der Waals surface area (Å²) in [6.45, 7) is 2.08. The van der Waals surface area contributed by atoms with Crippen molar-refractivity contribution in [3.8, 4) is 5.75 Å². The first-order chi connectivity index (χ1) is 14.1. The Kier molecular flexibility index (Phi) is 6.35. The number of pyridine rings is 1. The van der Waals surface area contributed by atoms with E-state index in [4.69, 9.17) is 21.7 Å². The third-order valence-corrected chi connectivity index (χ3v) is 6.38. The fraction of sp³-hybridized carbons (Fsp3) is 0.545. The van der Waals surface area contributed by atoms with E-state index < -0.39 is 0 Å². The van der Waals surface area contributed by atoms with Gasteiger partial charge in [0, 0.05) is 30.8 Å². The lowest BCUT2D eigenvalue weighted by molar-refractivity contribution is 0.113. The maximum atomic E-state index is 12.8. The van der Waals surface area contributed by atoms with Crippen LogP contribution in [0.25, 0.3) is 10.9 Å². The van der Waals surface area contributed by atoms with Gasteiger partial charge in [0.05, 0.1) is 25.3 Å². The van der Waals surface area contributed by atoms with E-state index in [0.29, 0.717) is 12.6 Å². The Morgan fingerprint density at radius 2 is 2.10 bits per heavy atom.